The third-order valence-electron chi connectivity index (χ3n) is 5.97. The van der Waals surface area contributed by atoms with Crippen molar-refractivity contribution in [2.45, 2.75) is 32.1 Å². The molecule has 1 unspecified atom stereocenters. The molecule has 2 heterocycles. The molecule has 0 fully saturated rings. The minimum atomic E-state index is -0.607. The van der Waals surface area contributed by atoms with Gasteiger partial charge in [-0.05, 0) is 37.5 Å². The summed E-state index contributed by atoms with van der Waals surface area (Å²) in [6.07, 6.45) is 1.88. The van der Waals surface area contributed by atoms with Crippen molar-refractivity contribution >= 4 is 44.1 Å². The number of nitrogens with one attached hydrogen (secondary N) is 2. The highest BCUT2D eigenvalue weighted by molar-refractivity contribution is 7.22. The average Bonchev–Trinajstić information content (AvgIpc) is 3.20. The summed E-state index contributed by atoms with van der Waals surface area (Å²) in [4.78, 5) is 41.6. The number of para-hydroxylation sites is 1. The van der Waals surface area contributed by atoms with Gasteiger partial charge in [-0.1, -0.05) is 35.6 Å². The number of allylic oxidation sites excluding steroid dienone is 3. The monoisotopic (exact) mass is 460 g/mol. The van der Waals surface area contributed by atoms with Gasteiger partial charge in [0.05, 0.1) is 15.1 Å². The van der Waals surface area contributed by atoms with Crippen molar-refractivity contribution in [3.05, 3.63) is 86.7 Å². The van der Waals surface area contributed by atoms with Crippen LogP contribution in [0.5, 0.6) is 0 Å². The predicted molar refractivity (Wildman–Crippen MR) is 126 cm³/mol. The number of nitro benzene ring substituents is 1. The number of thiazole rings is 1. The Morgan fingerprint density at radius 3 is 2.67 bits per heavy atom. The van der Waals surface area contributed by atoms with Crippen molar-refractivity contribution in [1.82, 2.24) is 10.3 Å². The molecule has 0 saturated heterocycles. The van der Waals surface area contributed by atoms with Gasteiger partial charge >= 0.3 is 0 Å². The molecular weight excluding hydrogens is 440 g/mol. The maximum Gasteiger partial charge on any atom is 0.269 e. The third kappa shape index (κ3) is 3.80. The van der Waals surface area contributed by atoms with E-state index in [1.54, 1.807) is 12.1 Å². The van der Waals surface area contributed by atoms with E-state index in [0.717, 1.165) is 22.3 Å². The molecule has 2 N–H and O–H groups in total. The third-order valence-corrected chi connectivity index (χ3v) is 6.92. The number of hydrogen-bond donors (Lipinski definition) is 2. The van der Waals surface area contributed by atoms with Crippen LogP contribution >= 0.6 is 11.3 Å². The van der Waals surface area contributed by atoms with Gasteiger partial charge in [-0.25, -0.2) is 4.98 Å². The van der Waals surface area contributed by atoms with Crippen molar-refractivity contribution < 1.29 is 14.5 Å². The second-order valence-corrected chi connectivity index (χ2v) is 9.09. The standard InChI is InChI=1S/C24H20N4O4S/c1-13-20(23(30)27-24-26-16-5-2-3-8-19(16)33-24)21(14-9-11-15(12-10-14)28(31)32)22-17(25-13)6-4-7-18(22)29/h2-3,5,8-12,21,25H,4,6-7H2,1H3,(H,26,27,30). The van der Waals surface area contributed by atoms with Gasteiger partial charge in [0, 0.05) is 47.0 Å². The number of carbonyl (C=O) groups is 2. The molecule has 9 heteroatoms. The van der Waals surface area contributed by atoms with Gasteiger partial charge in [-0.3, -0.25) is 25.0 Å². The molecule has 0 spiro atoms. The Balaban J connectivity index is 1.56. The Hall–Kier alpha value is -3.85. The number of anilines is 1. The molecule has 1 amide bonds. The largest absolute Gasteiger partial charge is 0.362 e. The lowest BCUT2D eigenvalue weighted by Gasteiger charge is -2.34. The van der Waals surface area contributed by atoms with E-state index in [-0.39, 0.29) is 17.4 Å². The summed E-state index contributed by atoms with van der Waals surface area (Å²) in [5, 5.41) is 17.8. The Morgan fingerprint density at radius 2 is 1.94 bits per heavy atom. The maximum absolute atomic E-state index is 13.5. The topological polar surface area (TPSA) is 114 Å². The predicted octanol–water partition coefficient (Wildman–Crippen LogP) is 4.81. The van der Waals surface area contributed by atoms with Crippen LogP contribution in [0.4, 0.5) is 10.8 Å². The van der Waals surface area contributed by atoms with Crippen LogP contribution < -0.4 is 10.6 Å². The normalized spacial score (nSPS) is 18.2. The van der Waals surface area contributed by atoms with E-state index in [0.29, 0.717) is 40.4 Å². The lowest BCUT2D eigenvalue weighted by molar-refractivity contribution is -0.384. The smallest absolute Gasteiger partial charge is 0.269 e. The zero-order valence-electron chi connectivity index (χ0n) is 17.8. The van der Waals surface area contributed by atoms with E-state index in [4.69, 9.17) is 0 Å². The zero-order chi connectivity index (χ0) is 23.1. The van der Waals surface area contributed by atoms with E-state index < -0.39 is 10.8 Å². The lowest BCUT2D eigenvalue weighted by atomic mass is 9.75. The van der Waals surface area contributed by atoms with Crippen LogP contribution in [0.15, 0.2) is 71.1 Å². The molecule has 33 heavy (non-hydrogen) atoms. The molecule has 166 valence electrons. The van der Waals surface area contributed by atoms with Gasteiger partial charge < -0.3 is 5.32 Å². The molecule has 5 rings (SSSR count). The molecule has 2 aliphatic rings. The molecule has 3 aromatic rings. The number of nitrogens with zero attached hydrogens (tertiary/aromatic N) is 2. The summed E-state index contributed by atoms with van der Waals surface area (Å²) < 4.78 is 0.958. The van der Waals surface area contributed by atoms with Crippen molar-refractivity contribution in [3.63, 3.8) is 0 Å². The van der Waals surface area contributed by atoms with Crippen LogP contribution in [0.1, 0.15) is 37.7 Å². The Bertz CT molecular complexity index is 1340. The zero-order valence-corrected chi connectivity index (χ0v) is 18.6. The second-order valence-electron chi connectivity index (χ2n) is 8.06. The molecule has 2 aromatic carbocycles. The first-order valence-electron chi connectivity index (χ1n) is 10.6. The highest BCUT2D eigenvalue weighted by Crippen LogP contribution is 2.43. The highest BCUT2D eigenvalue weighted by Gasteiger charge is 2.38. The summed E-state index contributed by atoms with van der Waals surface area (Å²) >= 11 is 1.38. The summed E-state index contributed by atoms with van der Waals surface area (Å²) in [5.41, 5.74) is 3.88. The number of benzene rings is 2. The van der Waals surface area contributed by atoms with Crippen LogP contribution in [-0.4, -0.2) is 21.6 Å². The maximum atomic E-state index is 13.5. The van der Waals surface area contributed by atoms with Crippen molar-refractivity contribution in [3.8, 4) is 0 Å². The first-order chi connectivity index (χ1) is 15.9. The molecule has 0 saturated carbocycles. The Labute approximate surface area is 193 Å². The molecule has 1 atom stereocenters. The summed E-state index contributed by atoms with van der Waals surface area (Å²) in [5.74, 6) is -0.971. The minimum absolute atomic E-state index is 0.00936. The van der Waals surface area contributed by atoms with E-state index in [9.17, 15) is 19.7 Å². The van der Waals surface area contributed by atoms with E-state index in [1.165, 1.54) is 23.5 Å². The average molecular weight is 461 g/mol. The van der Waals surface area contributed by atoms with Crippen molar-refractivity contribution in [2.75, 3.05) is 5.32 Å². The molecule has 1 aliphatic heterocycles. The van der Waals surface area contributed by atoms with E-state index in [1.807, 2.05) is 31.2 Å². The van der Waals surface area contributed by atoms with Crippen LogP contribution in [0.2, 0.25) is 0 Å². The molecule has 0 bridgehead atoms. The number of rotatable bonds is 4. The van der Waals surface area contributed by atoms with E-state index in [2.05, 4.69) is 15.6 Å². The molecule has 1 aliphatic carbocycles. The van der Waals surface area contributed by atoms with Crippen LogP contribution in [-0.2, 0) is 9.59 Å². The van der Waals surface area contributed by atoms with Crippen LogP contribution in [0, 0.1) is 10.1 Å². The van der Waals surface area contributed by atoms with Crippen LogP contribution in [0.25, 0.3) is 10.2 Å². The SMILES string of the molecule is CC1=C(C(=O)Nc2nc3ccccc3s2)C(c2ccc([N+](=O)[O-])cc2)C2=C(CCCC2=O)N1. The minimum Gasteiger partial charge on any atom is -0.362 e. The number of ketones is 1. The van der Waals surface area contributed by atoms with Gasteiger partial charge in [0.1, 0.15) is 0 Å². The molecule has 1 aromatic heterocycles. The van der Waals surface area contributed by atoms with Crippen molar-refractivity contribution in [2.24, 2.45) is 0 Å². The number of carbonyl (C=O) groups excluding carboxylic acids is 2. The fourth-order valence-corrected chi connectivity index (χ4v) is 5.36. The summed E-state index contributed by atoms with van der Waals surface area (Å²) in [6.45, 7) is 1.81. The quantitative estimate of drug-likeness (QED) is 0.427. The Morgan fingerprint density at radius 1 is 1.18 bits per heavy atom. The first kappa shape index (κ1) is 21.0. The number of fused-ring (bicyclic) bond motifs is 1. The first-order valence-corrected chi connectivity index (χ1v) is 11.4. The fourth-order valence-electron chi connectivity index (χ4n) is 4.50. The number of dihydropyridines is 1. The molecular formula is C24H20N4O4S. The summed E-state index contributed by atoms with van der Waals surface area (Å²) in [7, 11) is 0. The number of Topliss-reactive ketones (excluding diaryl/α,β-unsaturated/α-hetero) is 1. The number of non-ortho nitro benzene ring substituents is 1. The lowest BCUT2D eigenvalue weighted by Crippen LogP contribution is -2.35. The second kappa shape index (κ2) is 8.25. The van der Waals surface area contributed by atoms with Gasteiger partial charge in [0.15, 0.2) is 10.9 Å². The molecule has 8 nitrogen and oxygen atoms in total. The highest BCUT2D eigenvalue weighted by atomic mass is 32.1. The number of aromatic nitrogens is 1. The van der Waals surface area contributed by atoms with Gasteiger partial charge in [0.25, 0.3) is 11.6 Å². The van der Waals surface area contributed by atoms with E-state index >= 15 is 0 Å². The van der Waals surface area contributed by atoms with Gasteiger partial charge in [-0.2, -0.15) is 0 Å². The summed E-state index contributed by atoms with van der Waals surface area (Å²) in [6, 6.07) is 13.7. The fraction of sp³-hybridized carbons (Fsp3) is 0.208. The Kier molecular flexibility index (Phi) is 5.26. The number of nitro groups is 1. The molecule has 0 radical (unpaired) electrons. The van der Waals surface area contributed by atoms with Gasteiger partial charge in [0.2, 0.25) is 0 Å². The van der Waals surface area contributed by atoms with Crippen molar-refractivity contribution in [1.29, 1.82) is 0 Å². The number of hydrogen-bond acceptors (Lipinski definition) is 7. The van der Waals surface area contributed by atoms with Gasteiger partial charge in [-0.15, -0.1) is 0 Å². The number of amides is 1. The van der Waals surface area contributed by atoms with Crippen LogP contribution in [0.3, 0.4) is 0 Å².